The van der Waals surface area contributed by atoms with Crippen molar-refractivity contribution in [1.29, 1.82) is 0 Å². The Labute approximate surface area is 154 Å². The molecule has 1 fully saturated rings. The molecule has 0 spiro atoms. The van der Waals surface area contributed by atoms with Gasteiger partial charge in [-0.05, 0) is 24.3 Å². The van der Waals surface area contributed by atoms with Gasteiger partial charge < -0.3 is 14.5 Å². The molecule has 2 aromatic rings. The van der Waals surface area contributed by atoms with E-state index in [4.69, 9.17) is 4.74 Å². The molecule has 8 nitrogen and oxygen atoms in total. The summed E-state index contributed by atoms with van der Waals surface area (Å²) in [6, 6.07) is 8.43. The van der Waals surface area contributed by atoms with Crippen molar-refractivity contribution >= 4 is 21.5 Å². The zero-order valence-corrected chi connectivity index (χ0v) is 16.0. The van der Waals surface area contributed by atoms with Crippen LogP contribution in [0.25, 0.3) is 0 Å². The summed E-state index contributed by atoms with van der Waals surface area (Å²) in [6.45, 7) is 1.95. The van der Waals surface area contributed by atoms with Crippen LogP contribution < -0.4 is 14.5 Å². The van der Waals surface area contributed by atoms with Gasteiger partial charge >= 0.3 is 0 Å². The Morgan fingerprint density at radius 3 is 2.31 bits per heavy atom. The number of anilines is 2. The van der Waals surface area contributed by atoms with Crippen LogP contribution in [0.4, 0.5) is 11.5 Å². The van der Waals surface area contributed by atoms with Crippen molar-refractivity contribution in [1.82, 2.24) is 14.5 Å². The van der Waals surface area contributed by atoms with E-state index in [0.29, 0.717) is 31.9 Å². The molecule has 1 aromatic carbocycles. The second-order valence-corrected chi connectivity index (χ2v) is 8.17. The van der Waals surface area contributed by atoms with E-state index in [1.807, 2.05) is 25.1 Å². The second kappa shape index (κ2) is 7.46. The lowest BCUT2D eigenvalue weighted by molar-refractivity contribution is 0.383. The summed E-state index contributed by atoms with van der Waals surface area (Å²) in [4.78, 5) is 4.30. The molecule has 0 bridgehead atoms. The number of sulfonamides is 1. The van der Waals surface area contributed by atoms with E-state index in [0.717, 1.165) is 11.5 Å². The molecular formula is C17H23N5O3S. The molecule has 1 aromatic heterocycles. The number of ether oxygens (including phenoxy) is 1. The molecule has 9 heteroatoms. The van der Waals surface area contributed by atoms with E-state index in [1.54, 1.807) is 37.6 Å². The number of nitrogens with zero attached hydrogens (tertiary/aromatic N) is 5. The third-order valence-electron chi connectivity index (χ3n) is 4.40. The third-order valence-corrected chi connectivity index (χ3v) is 6.32. The van der Waals surface area contributed by atoms with Gasteiger partial charge in [-0.1, -0.05) is 0 Å². The molecule has 0 aliphatic carbocycles. The first-order valence-electron chi connectivity index (χ1n) is 8.31. The summed E-state index contributed by atoms with van der Waals surface area (Å²) in [5.41, 5.74) is 0.961. The van der Waals surface area contributed by atoms with Crippen LogP contribution >= 0.6 is 0 Å². The predicted octanol–water partition coefficient (Wildman–Crippen LogP) is 1.06. The quantitative estimate of drug-likeness (QED) is 0.771. The molecule has 0 saturated carbocycles. The minimum absolute atomic E-state index is 0.279. The molecule has 0 N–H and O–H groups in total. The fourth-order valence-corrected chi connectivity index (χ4v) is 4.22. The van der Waals surface area contributed by atoms with Crippen molar-refractivity contribution < 1.29 is 13.2 Å². The number of aromatic nitrogens is 2. The van der Waals surface area contributed by atoms with E-state index >= 15 is 0 Å². The van der Waals surface area contributed by atoms with Gasteiger partial charge in [-0.3, -0.25) is 0 Å². The first-order chi connectivity index (χ1) is 12.4. The Kier molecular flexibility index (Phi) is 5.28. The minimum atomic E-state index is -3.51. The second-order valence-electron chi connectivity index (χ2n) is 6.23. The molecule has 0 radical (unpaired) electrons. The topological polar surface area (TPSA) is 78.9 Å². The van der Waals surface area contributed by atoms with Crippen LogP contribution in [0.2, 0.25) is 0 Å². The van der Waals surface area contributed by atoms with Gasteiger partial charge in [-0.15, -0.1) is 5.10 Å². The highest BCUT2D eigenvalue weighted by Crippen LogP contribution is 2.23. The fraction of sp³-hybridized carbons (Fsp3) is 0.412. The standard InChI is InChI=1S/C17H23N5O3S/c1-20(2)14-12-17(19-18-13-14)21-8-10-22(11-9-21)26(23,24)16-6-4-15(25-3)5-7-16/h4-7,12-13H,8-11H2,1-3H3. The highest BCUT2D eigenvalue weighted by atomic mass is 32.2. The smallest absolute Gasteiger partial charge is 0.243 e. The van der Waals surface area contributed by atoms with Gasteiger partial charge in [0.25, 0.3) is 0 Å². The van der Waals surface area contributed by atoms with Gasteiger partial charge in [-0.25, -0.2) is 8.42 Å². The van der Waals surface area contributed by atoms with Gasteiger partial charge in [0, 0.05) is 46.3 Å². The molecule has 140 valence electrons. The molecule has 0 atom stereocenters. The number of hydrogen-bond donors (Lipinski definition) is 0. The van der Waals surface area contributed by atoms with Crippen molar-refractivity contribution in [3.63, 3.8) is 0 Å². The first-order valence-corrected chi connectivity index (χ1v) is 9.75. The zero-order chi connectivity index (χ0) is 18.7. The largest absolute Gasteiger partial charge is 0.497 e. The maximum absolute atomic E-state index is 12.8. The lowest BCUT2D eigenvalue weighted by atomic mass is 10.3. The minimum Gasteiger partial charge on any atom is -0.497 e. The summed E-state index contributed by atoms with van der Waals surface area (Å²) in [7, 11) is 1.93. The molecule has 1 aliphatic rings. The predicted molar refractivity (Wildman–Crippen MR) is 100 cm³/mol. The first kappa shape index (κ1) is 18.4. The van der Waals surface area contributed by atoms with Gasteiger partial charge in [0.2, 0.25) is 10.0 Å². The summed E-state index contributed by atoms with van der Waals surface area (Å²) in [5, 5.41) is 8.21. The van der Waals surface area contributed by atoms with Crippen LogP contribution in [0, 0.1) is 0 Å². The van der Waals surface area contributed by atoms with Gasteiger partial charge in [-0.2, -0.15) is 9.40 Å². The Balaban J connectivity index is 1.70. The average molecular weight is 377 g/mol. The molecule has 1 aliphatic heterocycles. The van der Waals surface area contributed by atoms with Crippen molar-refractivity contribution in [3.8, 4) is 5.75 Å². The van der Waals surface area contributed by atoms with Crippen LogP contribution in [0.3, 0.4) is 0 Å². The summed E-state index contributed by atoms with van der Waals surface area (Å²) in [6.07, 6.45) is 1.70. The van der Waals surface area contributed by atoms with Gasteiger partial charge in [0.1, 0.15) is 5.75 Å². The lowest BCUT2D eigenvalue weighted by Gasteiger charge is -2.34. The summed E-state index contributed by atoms with van der Waals surface area (Å²) < 4.78 is 32.2. The van der Waals surface area contributed by atoms with Crippen molar-refractivity contribution in [2.75, 3.05) is 57.2 Å². The van der Waals surface area contributed by atoms with Gasteiger partial charge in [0.15, 0.2) is 5.82 Å². The zero-order valence-electron chi connectivity index (χ0n) is 15.2. The van der Waals surface area contributed by atoms with E-state index in [1.165, 1.54) is 4.31 Å². The Morgan fingerprint density at radius 1 is 1.08 bits per heavy atom. The van der Waals surface area contributed by atoms with Crippen LogP contribution in [0.1, 0.15) is 0 Å². The van der Waals surface area contributed by atoms with E-state index < -0.39 is 10.0 Å². The molecular weight excluding hydrogens is 354 g/mol. The highest BCUT2D eigenvalue weighted by Gasteiger charge is 2.29. The SMILES string of the molecule is COc1ccc(S(=O)(=O)N2CCN(c3cc(N(C)C)cnn3)CC2)cc1. The molecule has 1 saturated heterocycles. The lowest BCUT2D eigenvalue weighted by Crippen LogP contribution is -2.49. The molecule has 0 amide bonds. The van der Waals surface area contributed by atoms with E-state index in [9.17, 15) is 8.42 Å². The van der Waals surface area contributed by atoms with E-state index in [2.05, 4.69) is 15.1 Å². The van der Waals surface area contributed by atoms with Crippen molar-refractivity contribution in [2.45, 2.75) is 4.90 Å². The summed E-state index contributed by atoms with van der Waals surface area (Å²) in [5.74, 6) is 1.39. The maximum Gasteiger partial charge on any atom is 0.243 e. The Morgan fingerprint density at radius 2 is 1.73 bits per heavy atom. The number of methoxy groups -OCH3 is 1. The molecule has 26 heavy (non-hydrogen) atoms. The van der Waals surface area contributed by atoms with Gasteiger partial charge in [0.05, 0.1) is 23.9 Å². The highest BCUT2D eigenvalue weighted by molar-refractivity contribution is 7.89. The monoisotopic (exact) mass is 377 g/mol. The Bertz CT molecular complexity index is 847. The van der Waals surface area contributed by atoms with E-state index in [-0.39, 0.29) is 4.90 Å². The van der Waals surface area contributed by atoms with Crippen LogP contribution in [0.5, 0.6) is 5.75 Å². The van der Waals surface area contributed by atoms with Crippen LogP contribution in [0.15, 0.2) is 41.4 Å². The molecule has 2 heterocycles. The van der Waals surface area contributed by atoms with Crippen molar-refractivity contribution in [2.24, 2.45) is 0 Å². The van der Waals surface area contributed by atoms with Crippen LogP contribution in [-0.2, 0) is 10.0 Å². The number of rotatable bonds is 5. The average Bonchev–Trinajstić information content (AvgIpc) is 2.68. The maximum atomic E-state index is 12.8. The van der Waals surface area contributed by atoms with Crippen LogP contribution in [-0.4, -0.2) is 70.3 Å². The molecule has 0 unspecified atom stereocenters. The number of hydrogen-bond acceptors (Lipinski definition) is 7. The fourth-order valence-electron chi connectivity index (χ4n) is 2.80. The molecule has 3 rings (SSSR count). The number of piperazine rings is 1. The normalized spacial score (nSPS) is 15.7. The summed E-state index contributed by atoms with van der Waals surface area (Å²) >= 11 is 0. The third kappa shape index (κ3) is 3.73. The number of benzene rings is 1. The Hall–Kier alpha value is -2.39. The van der Waals surface area contributed by atoms with Crippen molar-refractivity contribution in [3.05, 3.63) is 36.5 Å².